The van der Waals surface area contributed by atoms with Gasteiger partial charge in [0, 0.05) is 0 Å². The highest BCUT2D eigenvalue weighted by Crippen LogP contribution is 2.78. The fourth-order valence-corrected chi connectivity index (χ4v) is 3.84. The molecule has 0 atom stereocenters. The van der Waals surface area contributed by atoms with Gasteiger partial charge in [-0.3, -0.25) is 0 Å². The third-order valence-electron chi connectivity index (χ3n) is 6.17. The van der Waals surface area contributed by atoms with Crippen LogP contribution in [0, 0.1) is 27.6 Å². The topological polar surface area (TPSA) is 33.0 Å². The van der Waals surface area contributed by atoms with Crippen LogP contribution in [0.15, 0.2) is 54.6 Å². The van der Waals surface area contributed by atoms with Gasteiger partial charge >= 0.3 is 0 Å². The minimum Gasteiger partial charge on any atom is -0.457 e. The zero-order valence-corrected chi connectivity index (χ0v) is 14.3. The first-order valence-electron chi connectivity index (χ1n) is 8.07. The predicted octanol–water partition coefficient (Wildman–Crippen LogP) is 5.60. The molecule has 0 heterocycles. The molecule has 2 heteroatoms. The molecule has 23 heavy (non-hydrogen) atoms. The maximum atomic E-state index is 9.81. The van der Waals surface area contributed by atoms with Crippen LogP contribution < -0.4 is 4.74 Å². The van der Waals surface area contributed by atoms with Crippen LogP contribution >= 0.6 is 0 Å². The molecule has 0 spiro atoms. The maximum Gasteiger partial charge on any atom is 0.127 e. The number of nitrogens with zero attached hydrogens (tertiary/aromatic N) is 1. The molecule has 0 amide bonds. The predicted molar refractivity (Wildman–Crippen MR) is 92.3 cm³/mol. The van der Waals surface area contributed by atoms with Crippen molar-refractivity contribution in [3.05, 3.63) is 60.2 Å². The Bertz CT molecular complexity index is 739. The molecule has 2 aromatic carbocycles. The zero-order valence-electron chi connectivity index (χ0n) is 14.3. The lowest BCUT2D eigenvalue weighted by Gasteiger charge is -2.14. The monoisotopic (exact) mass is 305 g/mol. The molecule has 118 valence electrons. The summed E-state index contributed by atoms with van der Waals surface area (Å²) in [5.74, 6) is 1.64. The van der Waals surface area contributed by atoms with Gasteiger partial charge in [-0.25, -0.2) is 0 Å². The molecule has 1 aliphatic rings. The summed E-state index contributed by atoms with van der Waals surface area (Å²) in [4.78, 5) is 0. The Kier molecular flexibility index (Phi) is 3.48. The third-order valence-corrected chi connectivity index (χ3v) is 6.17. The summed E-state index contributed by atoms with van der Waals surface area (Å²) in [6.45, 7) is 8.78. The van der Waals surface area contributed by atoms with Crippen molar-refractivity contribution in [2.75, 3.05) is 0 Å². The number of ether oxygens (including phenoxy) is 1. The van der Waals surface area contributed by atoms with Gasteiger partial charge in [-0.1, -0.05) is 58.0 Å². The SMILES string of the molecule is CC1(C)C(C)(C)C1(C#N)Cc1cccc(Oc2ccccc2)c1. The van der Waals surface area contributed by atoms with Gasteiger partial charge in [-0.15, -0.1) is 0 Å². The van der Waals surface area contributed by atoms with E-state index in [2.05, 4.69) is 45.9 Å². The number of benzene rings is 2. The molecular weight excluding hydrogens is 282 g/mol. The molecule has 0 bridgehead atoms. The highest BCUT2D eigenvalue weighted by molar-refractivity contribution is 5.40. The Labute approximate surface area is 138 Å². The van der Waals surface area contributed by atoms with Crippen molar-refractivity contribution in [2.24, 2.45) is 16.2 Å². The van der Waals surface area contributed by atoms with Gasteiger partial charge in [0.1, 0.15) is 11.5 Å². The molecule has 0 aliphatic heterocycles. The van der Waals surface area contributed by atoms with E-state index in [0.29, 0.717) is 0 Å². The average molecular weight is 305 g/mol. The van der Waals surface area contributed by atoms with Crippen LogP contribution in [-0.2, 0) is 6.42 Å². The minimum atomic E-state index is -0.314. The molecule has 1 fully saturated rings. The Morgan fingerprint density at radius 2 is 1.48 bits per heavy atom. The maximum absolute atomic E-state index is 9.81. The van der Waals surface area contributed by atoms with Gasteiger partial charge in [-0.2, -0.15) is 5.26 Å². The molecule has 0 radical (unpaired) electrons. The molecule has 0 aromatic heterocycles. The number of rotatable bonds is 4. The first-order valence-corrected chi connectivity index (χ1v) is 8.07. The van der Waals surface area contributed by atoms with E-state index in [0.717, 1.165) is 23.5 Å². The highest BCUT2D eigenvalue weighted by atomic mass is 16.5. The highest BCUT2D eigenvalue weighted by Gasteiger charge is 2.77. The van der Waals surface area contributed by atoms with Crippen LogP contribution in [-0.4, -0.2) is 0 Å². The van der Waals surface area contributed by atoms with Crippen LogP contribution in [0.5, 0.6) is 11.5 Å². The van der Waals surface area contributed by atoms with E-state index in [4.69, 9.17) is 4.74 Å². The molecule has 1 saturated carbocycles. The number of hydrogen-bond donors (Lipinski definition) is 0. The van der Waals surface area contributed by atoms with Crippen molar-refractivity contribution >= 4 is 0 Å². The Balaban J connectivity index is 1.83. The van der Waals surface area contributed by atoms with Gasteiger partial charge < -0.3 is 4.74 Å². The fraction of sp³-hybridized carbons (Fsp3) is 0.381. The summed E-state index contributed by atoms with van der Waals surface area (Å²) in [6, 6.07) is 20.5. The van der Waals surface area contributed by atoms with Gasteiger partial charge in [0.2, 0.25) is 0 Å². The van der Waals surface area contributed by atoms with Crippen LogP contribution in [0.2, 0.25) is 0 Å². The van der Waals surface area contributed by atoms with Crippen molar-refractivity contribution in [3.8, 4) is 17.6 Å². The van der Waals surface area contributed by atoms with Gasteiger partial charge in [0.05, 0.1) is 11.5 Å². The van der Waals surface area contributed by atoms with E-state index in [1.54, 1.807) is 0 Å². The first kappa shape index (κ1) is 15.6. The van der Waals surface area contributed by atoms with E-state index in [9.17, 15) is 5.26 Å². The molecule has 0 saturated heterocycles. The van der Waals surface area contributed by atoms with E-state index >= 15 is 0 Å². The van der Waals surface area contributed by atoms with Crippen LogP contribution in [0.3, 0.4) is 0 Å². The average Bonchev–Trinajstić information content (AvgIpc) is 2.86. The number of para-hydroxylation sites is 1. The number of nitriles is 1. The summed E-state index contributed by atoms with van der Waals surface area (Å²) in [7, 11) is 0. The summed E-state index contributed by atoms with van der Waals surface area (Å²) in [5.41, 5.74) is 0.875. The lowest BCUT2D eigenvalue weighted by molar-refractivity contribution is 0.457. The number of hydrogen-bond acceptors (Lipinski definition) is 2. The fourth-order valence-electron chi connectivity index (χ4n) is 3.84. The van der Waals surface area contributed by atoms with Gasteiger partial charge in [0.25, 0.3) is 0 Å². The lowest BCUT2D eigenvalue weighted by Crippen LogP contribution is -2.12. The Morgan fingerprint density at radius 3 is 2.04 bits per heavy atom. The van der Waals surface area contributed by atoms with Crippen molar-refractivity contribution in [1.29, 1.82) is 5.26 Å². The first-order chi connectivity index (χ1) is 10.8. The second kappa shape index (κ2) is 5.13. The van der Waals surface area contributed by atoms with Crippen molar-refractivity contribution in [3.63, 3.8) is 0 Å². The Hall–Kier alpha value is -2.27. The lowest BCUT2D eigenvalue weighted by atomic mass is 9.88. The molecule has 2 nitrogen and oxygen atoms in total. The summed E-state index contributed by atoms with van der Waals surface area (Å²) in [5, 5.41) is 9.81. The molecule has 0 unspecified atom stereocenters. The minimum absolute atomic E-state index is 0.0189. The van der Waals surface area contributed by atoms with Crippen molar-refractivity contribution in [2.45, 2.75) is 34.1 Å². The van der Waals surface area contributed by atoms with Gasteiger partial charge in [-0.05, 0) is 47.1 Å². The smallest absolute Gasteiger partial charge is 0.127 e. The van der Waals surface area contributed by atoms with E-state index < -0.39 is 0 Å². The summed E-state index contributed by atoms with van der Waals surface area (Å²) in [6.07, 6.45) is 0.759. The molecular formula is C21H23NO. The normalized spacial score (nSPS) is 19.6. The van der Waals surface area contributed by atoms with Crippen molar-refractivity contribution < 1.29 is 4.74 Å². The largest absolute Gasteiger partial charge is 0.457 e. The van der Waals surface area contributed by atoms with Gasteiger partial charge in [0.15, 0.2) is 0 Å². The molecule has 2 aromatic rings. The van der Waals surface area contributed by atoms with E-state index in [1.165, 1.54) is 0 Å². The Morgan fingerprint density at radius 1 is 0.870 bits per heavy atom. The van der Waals surface area contributed by atoms with Crippen molar-refractivity contribution in [1.82, 2.24) is 0 Å². The van der Waals surface area contributed by atoms with E-state index in [1.807, 2.05) is 42.5 Å². The summed E-state index contributed by atoms with van der Waals surface area (Å²) < 4.78 is 5.91. The van der Waals surface area contributed by atoms with Crippen LogP contribution in [0.1, 0.15) is 33.3 Å². The molecule has 0 N–H and O–H groups in total. The quantitative estimate of drug-likeness (QED) is 0.737. The summed E-state index contributed by atoms with van der Waals surface area (Å²) >= 11 is 0. The molecule has 3 rings (SSSR count). The van der Waals surface area contributed by atoms with Crippen LogP contribution in [0.4, 0.5) is 0 Å². The van der Waals surface area contributed by atoms with Crippen LogP contribution in [0.25, 0.3) is 0 Å². The third kappa shape index (κ3) is 2.23. The van der Waals surface area contributed by atoms with E-state index in [-0.39, 0.29) is 16.2 Å². The second-order valence-corrected chi connectivity index (χ2v) is 7.51. The zero-order chi connectivity index (χ0) is 16.7. The second-order valence-electron chi connectivity index (χ2n) is 7.51. The standard InChI is InChI=1S/C21H23NO/c1-19(2)20(3,4)21(19,15-22)14-16-9-8-12-18(13-16)23-17-10-6-5-7-11-17/h5-13H,14H2,1-4H3. The molecule has 1 aliphatic carbocycles.